The fourth-order valence-corrected chi connectivity index (χ4v) is 7.69. The van der Waals surface area contributed by atoms with Crippen LogP contribution in [0.25, 0.3) is 0 Å². The van der Waals surface area contributed by atoms with Gasteiger partial charge in [-0.25, -0.2) is 12.7 Å². The van der Waals surface area contributed by atoms with E-state index in [0.29, 0.717) is 11.4 Å². The number of aryl methyl sites for hydroxylation is 1. The molecule has 0 heterocycles. The van der Waals surface area contributed by atoms with Gasteiger partial charge in [0.1, 0.15) is 0 Å². The summed E-state index contributed by atoms with van der Waals surface area (Å²) >= 11 is 0. The van der Waals surface area contributed by atoms with Crippen LogP contribution in [0.15, 0.2) is 59.5 Å². The molecule has 2 aromatic carbocycles. The highest BCUT2D eigenvalue weighted by molar-refractivity contribution is 7.89. The van der Waals surface area contributed by atoms with Crippen molar-refractivity contribution in [2.45, 2.75) is 75.8 Å². The van der Waals surface area contributed by atoms with Crippen LogP contribution >= 0.6 is 0 Å². The first-order chi connectivity index (χ1) is 14.4. The van der Waals surface area contributed by atoms with Gasteiger partial charge in [-0.1, -0.05) is 111 Å². The summed E-state index contributed by atoms with van der Waals surface area (Å²) in [5.74, 6) is 0. The van der Waals surface area contributed by atoms with Crippen LogP contribution < -0.4 is 5.19 Å². The summed E-state index contributed by atoms with van der Waals surface area (Å²) in [4.78, 5) is 0.385. The van der Waals surface area contributed by atoms with Crippen molar-refractivity contribution in [2.24, 2.45) is 0 Å². The van der Waals surface area contributed by atoms with Crippen LogP contribution in [0.3, 0.4) is 0 Å². The van der Waals surface area contributed by atoms with Crippen LogP contribution in [-0.2, 0) is 10.0 Å². The van der Waals surface area contributed by atoms with E-state index < -0.39 is 18.8 Å². The molecule has 0 aromatic heterocycles. The lowest BCUT2D eigenvalue weighted by atomic mass is 10.1. The third kappa shape index (κ3) is 8.01. The zero-order valence-corrected chi connectivity index (χ0v) is 20.8. The topological polar surface area (TPSA) is 37.4 Å². The van der Waals surface area contributed by atoms with E-state index in [9.17, 15) is 8.42 Å². The van der Waals surface area contributed by atoms with Crippen LogP contribution in [0, 0.1) is 6.92 Å². The minimum Gasteiger partial charge on any atom is -0.207 e. The van der Waals surface area contributed by atoms with Gasteiger partial charge in [-0.3, -0.25) is 0 Å². The minimum atomic E-state index is -3.40. The van der Waals surface area contributed by atoms with E-state index in [1.165, 1.54) is 54.1 Å². The Kier molecular flexibility index (Phi) is 10.8. The van der Waals surface area contributed by atoms with Crippen LogP contribution in [-0.4, -0.2) is 35.1 Å². The molecule has 0 aliphatic heterocycles. The second-order valence-corrected chi connectivity index (χ2v) is 13.1. The third-order valence-electron chi connectivity index (χ3n) is 5.69. The Morgan fingerprint density at radius 2 is 1.40 bits per heavy atom. The Balaban J connectivity index is 1.88. The summed E-state index contributed by atoms with van der Waals surface area (Å²) in [7, 11) is -2.34. The first kappa shape index (κ1) is 24.8. The average Bonchev–Trinajstić information content (AvgIpc) is 2.75. The predicted molar refractivity (Wildman–Crippen MR) is 130 cm³/mol. The van der Waals surface area contributed by atoms with Crippen molar-refractivity contribution in [3.8, 4) is 0 Å². The summed E-state index contributed by atoms with van der Waals surface area (Å²) in [6.45, 7) is 4.80. The molecule has 0 saturated heterocycles. The first-order valence-electron chi connectivity index (χ1n) is 11.4. The summed E-state index contributed by atoms with van der Waals surface area (Å²) < 4.78 is 27.2. The van der Waals surface area contributed by atoms with Gasteiger partial charge in [-0.05, 0) is 25.5 Å². The summed E-state index contributed by atoms with van der Waals surface area (Å²) in [5.41, 5.74) is 1.07. The van der Waals surface area contributed by atoms with Gasteiger partial charge in [-0.2, -0.15) is 0 Å². The van der Waals surface area contributed by atoms with Crippen molar-refractivity contribution in [2.75, 3.05) is 13.6 Å². The Morgan fingerprint density at radius 1 is 0.800 bits per heavy atom. The SMILES string of the molecule is CCCCCCCC[Si](CCCN(C)S(=O)(=O)c1ccc(C)cc1)c1ccccc1. The Bertz CT molecular complexity index is 822. The third-order valence-corrected chi connectivity index (χ3v) is 10.6. The van der Waals surface area contributed by atoms with E-state index in [0.717, 1.165) is 18.0 Å². The highest BCUT2D eigenvalue weighted by Crippen LogP contribution is 2.17. The van der Waals surface area contributed by atoms with E-state index in [2.05, 4.69) is 37.3 Å². The van der Waals surface area contributed by atoms with Gasteiger partial charge in [0.2, 0.25) is 10.0 Å². The van der Waals surface area contributed by atoms with Gasteiger partial charge in [0, 0.05) is 13.6 Å². The quantitative estimate of drug-likeness (QED) is 0.274. The maximum absolute atomic E-state index is 12.8. The molecule has 3 nitrogen and oxygen atoms in total. The van der Waals surface area contributed by atoms with E-state index in [4.69, 9.17) is 0 Å². The van der Waals surface area contributed by atoms with Crippen LogP contribution in [0.1, 0.15) is 57.4 Å². The fourth-order valence-electron chi connectivity index (χ4n) is 3.73. The smallest absolute Gasteiger partial charge is 0.207 e. The van der Waals surface area contributed by atoms with E-state index in [-0.39, 0.29) is 0 Å². The Labute approximate surface area is 186 Å². The molecule has 0 fully saturated rings. The average molecular weight is 445 g/mol. The highest BCUT2D eigenvalue weighted by atomic mass is 32.2. The number of sulfonamides is 1. The molecule has 1 radical (unpaired) electrons. The molecule has 5 heteroatoms. The molecule has 0 bridgehead atoms. The van der Waals surface area contributed by atoms with Gasteiger partial charge in [0.05, 0.1) is 13.7 Å². The van der Waals surface area contributed by atoms with Crippen molar-refractivity contribution >= 4 is 24.0 Å². The molecular formula is C25H38NO2SSi. The van der Waals surface area contributed by atoms with Crippen molar-refractivity contribution < 1.29 is 8.42 Å². The number of hydrogen-bond donors (Lipinski definition) is 0. The van der Waals surface area contributed by atoms with Crippen molar-refractivity contribution in [1.29, 1.82) is 0 Å². The first-order valence-corrected chi connectivity index (χ1v) is 14.7. The molecule has 0 unspecified atom stereocenters. The summed E-state index contributed by atoms with van der Waals surface area (Å²) in [5, 5.41) is 1.49. The normalized spacial score (nSPS) is 12.0. The largest absolute Gasteiger partial charge is 0.242 e. The van der Waals surface area contributed by atoms with Crippen LogP contribution in [0.5, 0.6) is 0 Å². The second kappa shape index (κ2) is 13.1. The number of hydrogen-bond acceptors (Lipinski definition) is 2. The van der Waals surface area contributed by atoms with E-state index >= 15 is 0 Å². The maximum Gasteiger partial charge on any atom is 0.242 e. The summed E-state index contributed by atoms with van der Waals surface area (Å²) in [6, 6.07) is 20.4. The lowest BCUT2D eigenvalue weighted by Gasteiger charge is -2.20. The second-order valence-electron chi connectivity index (χ2n) is 8.23. The highest BCUT2D eigenvalue weighted by Gasteiger charge is 2.21. The lowest BCUT2D eigenvalue weighted by Crippen LogP contribution is -2.32. The van der Waals surface area contributed by atoms with Crippen molar-refractivity contribution in [1.82, 2.24) is 4.31 Å². The van der Waals surface area contributed by atoms with Crippen molar-refractivity contribution in [3.63, 3.8) is 0 Å². The summed E-state index contributed by atoms with van der Waals surface area (Å²) in [6.07, 6.45) is 8.87. The predicted octanol–water partition coefficient (Wildman–Crippen LogP) is 5.77. The zero-order chi connectivity index (χ0) is 21.8. The number of rotatable bonds is 14. The number of benzene rings is 2. The van der Waals surface area contributed by atoms with Gasteiger partial charge >= 0.3 is 0 Å². The van der Waals surface area contributed by atoms with Crippen molar-refractivity contribution in [3.05, 3.63) is 60.2 Å². The van der Waals surface area contributed by atoms with Gasteiger partial charge in [0.25, 0.3) is 0 Å². The van der Waals surface area contributed by atoms with Crippen LogP contribution in [0.4, 0.5) is 0 Å². The molecule has 0 spiro atoms. The standard InChI is InChI=1S/C25H38NO2SSi/c1-4-5-6-7-8-12-21-30(25-14-10-9-11-15-25)22-13-20-26(3)29(27,28)24-18-16-23(2)17-19-24/h9-11,14-19H,4-8,12-13,20-22H2,1-3H3. The van der Waals surface area contributed by atoms with E-state index in [1.54, 1.807) is 19.2 Å². The molecule has 0 N–H and O–H groups in total. The Hall–Kier alpha value is -1.43. The fraction of sp³-hybridized carbons (Fsp3) is 0.520. The lowest BCUT2D eigenvalue weighted by molar-refractivity contribution is 0.468. The molecular weight excluding hydrogens is 406 g/mol. The molecule has 165 valence electrons. The minimum absolute atomic E-state index is 0.385. The van der Waals surface area contributed by atoms with E-state index in [1.807, 2.05) is 19.1 Å². The molecule has 0 aliphatic rings. The maximum atomic E-state index is 12.8. The molecule has 0 saturated carbocycles. The van der Waals surface area contributed by atoms with Gasteiger partial charge < -0.3 is 0 Å². The Morgan fingerprint density at radius 3 is 2.07 bits per heavy atom. The molecule has 2 rings (SSSR count). The molecule has 0 atom stereocenters. The van der Waals surface area contributed by atoms with Gasteiger partial charge in [-0.15, -0.1) is 0 Å². The van der Waals surface area contributed by atoms with Crippen LogP contribution in [0.2, 0.25) is 12.1 Å². The molecule has 0 amide bonds. The molecule has 0 aliphatic carbocycles. The zero-order valence-electron chi connectivity index (χ0n) is 18.9. The molecule has 2 aromatic rings. The number of unbranched alkanes of at least 4 members (excludes halogenated alkanes) is 5. The van der Waals surface area contributed by atoms with Gasteiger partial charge in [0.15, 0.2) is 0 Å². The molecule has 30 heavy (non-hydrogen) atoms. The monoisotopic (exact) mass is 444 g/mol. The number of nitrogens with zero attached hydrogens (tertiary/aromatic N) is 1.